The fraction of sp³-hybridized carbons (Fsp3) is 0.100. The van der Waals surface area contributed by atoms with Gasteiger partial charge in [-0.15, -0.1) is 10.5 Å². The van der Waals surface area contributed by atoms with Gasteiger partial charge in [0.25, 0.3) is 12.5 Å². The van der Waals surface area contributed by atoms with Crippen molar-refractivity contribution >= 4 is 5.78 Å². The molecule has 0 aliphatic carbocycles. The number of rotatable bonds is 3. The van der Waals surface area contributed by atoms with Crippen molar-refractivity contribution in [1.29, 1.82) is 10.5 Å². The molecule has 0 radical (unpaired) electrons. The van der Waals surface area contributed by atoms with Gasteiger partial charge in [0.15, 0.2) is 17.3 Å². The van der Waals surface area contributed by atoms with E-state index in [4.69, 9.17) is 10.5 Å². The highest BCUT2D eigenvalue weighted by Gasteiger charge is 2.15. The number of hydrogen-bond acceptors (Lipinski definition) is 5. The first kappa shape index (κ1) is 10.6. The summed E-state index contributed by atoms with van der Waals surface area (Å²) in [5, 5.41) is 16.7. The molecule has 1 rings (SSSR count). The Morgan fingerprint density at radius 2 is 1.67 bits per heavy atom. The predicted molar refractivity (Wildman–Crippen MR) is 48.9 cm³/mol. The lowest BCUT2D eigenvalue weighted by molar-refractivity contribution is 0.101. The third-order valence-corrected chi connectivity index (χ3v) is 1.65. The number of carbonyl (C=O) groups is 1. The van der Waals surface area contributed by atoms with Crippen LogP contribution in [0.4, 0.5) is 0 Å². The van der Waals surface area contributed by atoms with Gasteiger partial charge < -0.3 is 9.47 Å². The van der Waals surface area contributed by atoms with Gasteiger partial charge in [-0.2, -0.15) is 0 Å². The summed E-state index contributed by atoms with van der Waals surface area (Å²) in [4.78, 5) is 11.3. The van der Waals surface area contributed by atoms with E-state index in [1.165, 1.54) is 37.6 Å². The minimum Gasteiger partial charge on any atom is -0.387 e. The van der Waals surface area contributed by atoms with E-state index in [1.807, 2.05) is 0 Å². The van der Waals surface area contributed by atoms with E-state index in [1.54, 1.807) is 0 Å². The van der Waals surface area contributed by atoms with Gasteiger partial charge in [-0.3, -0.25) is 4.79 Å². The number of ether oxygens (including phenoxy) is 2. The molecule has 0 atom stereocenters. The quantitative estimate of drug-likeness (QED) is 0.549. The van der Waals surface area contributed by atoms with Crippen molar-refractivity contribution in [2.24, 2.45) is 0 Å². The lowest BCUT2D eigenvalue weighted by atomic mass is 10.1. The summed E-state index contributed by atoms with van der Waals surface area (Å²) in [6, 6.07) is 4.42. The summed E-state index contributed by atoms with van der Waals surface area (Å²) in [6.07, 6.45) is 2.92. The van der Waals surface area contributed by atoms with Crippen LogP contribution in [-0.4, -0.2) is 5.78 Å². The molecule has 1 aromatic rings. The average Bonchev–Trinajstić information content (AvgIpc) is 2.18. The van der Waals surface area contributed by atoms with Gasteiger partial charge in [-0.05, 0) is 19.1 Å². The number of ketones is 1. The van der Waals surface area contributed by atoms with Crippen LogP contribution in [0.1, 0.15) is 17.3 Å². The molecule has 0 bridgehead atoms. The second kappa shape index (κ2) is 4.64. The Bertz CT molecular complexity index is 434. The van der Waals surface area contributed by atoms with Crippen molar-refractivity contribution < 1.29 is 14.3 Å². The predicted octanol–water partition coefficient (Wildman–Crippen LogP) is 1.61. The smallest absolute Gasteiger partial charge is 0.292 e. The molecule has 0 fully saturated rings. The molecular formula is C10H6N2O3. The minimum absolute atomic E-state index is 0.0813. The van der Waals surface area contributed by atoms with Crippen LogP contribution in [0.25, 0.3) is 0 Å². The lowest BCUT2D eigenvalue weighted by Gasteiger charge is -2.06. The zero-order valence-corrected chi connectivity index (χ0v) is 7.85. The van der Waals surface area contributed by atoms with E-state index in [9.17, 15) is 4.79 Å². The Hall–Kier alpha value is -2.53. The molecule has 0 aromatic heterocycles. The van der Waals surface area contributed by atoms with E-state index in [0.717, 1.165) is 0 Å². The number of carbonyl (C=O) groups excluding carboxylic acids is 1. The molecule has 0 amide bonds. The van der Waals surface area contributed by atoms with Gasteiger partial charge in [-0.25, -0.2) is 0 Å². The lowest BCUT2D eigenvalue weighted by Crippen LogP contribution is -2.00. The first-order valence-electron chi connectivity index (χ1n) is 3.96. The summed E-state index contributed by atoms with van der Waals surface area (Å²) < 4.78 is 9.16. The van der Waals surface area contributed by atoms with Crippen LogP contribution in [-0.2, 0) is 0 Å². The van der Waals surface area contributed by atoms with Crippen molar-refractivity contribution in [2.45, 2.75) is 6.92 Å². The highest BCUT2D eigenvalue weighted by molar-refractivity contribution is 5.99. The zero-order chi connectivity index (χ0) is 11.3. The summed E-state index contributed by atoms with van der Waals surface area (Å²) >= 11 is 0. The molecule has 0 aliphatic heterocycles. The second-order valence-corrected chi connectivity index (χ2v) is 2.57. The Morgan fingerprint density at radius 1 is 1.20 bits per heavy atom. The zero-order valence-electron chi connectivity index (χ0n) is 7.85. The highest BCUT2D eigenvalue weighted by Crippen LogP contribution is 2.28. The van der Waals surface area contributed by atoms with Crippen molar-refractivity contribution in [3.8, 4) is 24.0 Å². The summed E-state index contributed by atoms with van der Waals surface area (Å²) in [6.45, 7) is 1.30. The van der Waals surface area contributed by atoms with Gasteiger partial charge >= 0.3 is 0 Å². The number of Topliss-reactive ketones (excluding diaryl/α,β-unsaturated/α-hetero) is 1. The molecule has 0 spiro atoms. The summed E-state index contributed by atoms with van der Waals surface area (Å²) in [5.74, 6) is -0.179. The molecule has 5 heteroatoms. The Morgan fingerprint density at radius 3 is 2.00 bits per heavy atom. The van der Waals surface area contributed by atoms with E-state index in [0.29, 0.717) is 0 Å². The largest absolute Gasteiger partial charge is 0.387 e. The van der Waals surface area contributed by atoms with Crippen molar-refractivity contribution in [1.82, 2.24) is 0 Å². The maximum atomic E-state index is 11.3. The minimum atomic E-state index is -0.342. The number of benzene rings is 1. The first-order chi connectivity index (χ1) is 7.20. The van der Waals surface area contributed by atoms with Gasteiger partial charge in [0, 0.05) is 0 Å². The van der Waals surface area contributed by atoms with Crippen molar-refractivity contribution in [2.75, 3.05) is 0 Å². The molecule has 0 heterocycles. The first-order valence-corrected chi connectivity index (χ1v) is 3.96. The van der Waals surface area contributed by atoms with Crippen LogP contribution >= 0.6 is 0 Å². The summed E-state index contributed by atoms with van der Waals surface area (Å²) in [5.41, 5.74) is 0.0839. The third kappa shape index (κ3) is 2.23. The fourth-order valence-corrected chi connectivity index (χ4v) is 1.13. The molecule has 0 saturated heterocycles. The number of nitrogens with zero attached hydrogens (tertiary/aromatic N) is 2. The number of hydrogen-bond donors (Lipinski definition) is 0. The van der Waals surface area contributed by atoms with Crippen LogP contribution in [0.2, 0.25) is 0 Å². The van der Waals surface area contributed by atoms with Gasteiger partial charge in [0.1, 0.15) is 5.56 Å². The Balaban J connectivity index is 3.30. The Labute approximate surface area is 86.1 Å². The molecule has 74 valence electrons. The second-order valence-electron chi connectivity index (χ2n) is 2.57. The topological polar surface area (TPSA) is 83.1 Å². The van der Waals surface area contributed by atoms with E-state index in [-0.39, 0.29) is 22.8 Å². The normalized spacial score (nSPS) is 8.47. The fourth-order valence-electron chi connectivity index (χ4n) is 1.13. The molecular weight excluding hydrogens is 196 g/mol. The van der Waals surface area contributed by atoms with E-state index in [2.05, 4.69) is 9.47 Å². The van der Waals surface area contributed by atoms with E-state index < -0.39 is 0 Å². The van der Waals surface area contributed by atoms with Crippen LogP contribution in [0.5, 0.6) is 11.5 Å². The third-order valence-electron chi connectivity index (χ3n) is 1.65. The average molecular weight is 202 g/mol. The molecule has 1 aromatic carbocycles. The SMILES string of the molecule is CC(=O)c1c(OC#N)cccc1OC#N. The van der Waals surface area contributed by atoms with Crippen LogP contribution in [0.3, 0.4) is 0 Å². The maximum absolute atomic E-state index is 11.3. The number of nitriles is 2. The van der Waals surface area contributed by atoms with Crippen molar-refractivity contribution in [3.05, 3.63) is 23.8 Å². The highest BCUT2D eigenvalue weighted by atomic mass is 16.5. The van der Waals surface area contributed by atoms with Gasteiger partial charge in [0.05, 0.1) is 0 Å². The van der Waals surface area contributed by atoms with Crippen LogP contribution < -0.4 is 9.47 Å². The molecule has 0 aliphatic rings. The van der Waals surface area contributed by atoms with Gasteiger partial charge in [-0.1, -0.05) is 6.07 Å². The molecule has 0 saturated carbocycles. The van der Waals surface area contributed by atoms with Crippen LogP contribution in [0.15, 0.2) is 18.2 Å². The van der Waals surface area contributed by atoms with Gasteiger partial charge in [0.2, 0.25) is 0 Å². The van der Waals surface area contributed by atoms with Crippen LogP contribution in [0, 0.1) is 23.0 Å². The maximum Gasteiger partial charge on any atom is 0.292 e. The molecule has 15 heavy (non-hydrogen) atoms. The standard InChI is InChI=1S/C10H6N2O3/c1-7(13)10-8(14-5-11)3-2-4-9(10)15-6-12/h2-4H,1H3. The monoisotopic (exact) mass is 202 g/mol. The Kier molecular flexibility index (Phi) is 3.26. The molecule has 0 N–H and O–H groups in total. The van der Waals surface area contributed by atoms with E-state index >= 15 is 0 Å². The van der Waals surface area contributed by atoms with Crippen molar-refractivity contribution in [3.63, 3.8) is 0 Å². The molecule has 0 unspecified atom stereocenters. The molecule has 5 nitrogen and oxygen atoms in total. The summed E-state index contributed by atoms with van der Waals surface area (Å²) in [7, 11) is 0.